The molecule has 1 aromatic carbocycles. The highest BCUT2D eigenvalue weighted by atomic mass is 16.5. The van der Waals surface area contributed by atoms with Crippen molar-refractivity contribution in [2.45, 2.75) is 18.9 Å². The lowest BCUT2D eigenvalue weighted by molar-refractivity contribution is -0.135. The van der Waals surface area contributed by atoms with Gasteiger partial charge in [-0.15, -0.1) is 0 Å². The lowest BCUT2D eigenvalue weighted by Crippen LogP contribution is -2.47. The van der Waals surface area contributed by atoms with Crippen LogP contribution < -0.4 is 20.3 Å². The molecule has 1 saturated heterocycles. The molecule has 1 aromatic rings. The number of amides is 2. The molecule has 2 N–H and O–H groups in total. The smallest absolute Gasteiger partial charge is 0.276 e. The number of rotatable bonds is 5. The Labute approximate surface area is 122 Å². The number of nitrogens with one attached hydrogen (secondary N) is 2. The summed E-state index contributed by atoms with van der Waals surface area (Å²) >= 11 is 0. The van der Waals surface area contributed by atoms with E-state index in [0.29, 0.717) is 24.5 Å². The fourth-order valence-electron chi connectivity index (χ4n) is 1.85. The average Bonchev–Trinajstić information content (AvgIpc) is 3.05. The van der Waals surface area contributed by atoms with Gasteiger partial charge in [-0.3, -0.25) is 20.4 Å². The second-order valence-electron chi connectivity index (χ2n) is 4.50. The first-order valence-electron chi connectivity index (χ1n) is 6.66. The van der Waals surface area contributed by atoms with E-state index in [0.717, 1.165) is 6.42 Å². The largest absolute Gasteiger partial charge is 0.497 e. The molecule has 1 aliphatic heterocycles. The van der Waals surface area contributed by atoms with E-state index in [-0.39, 0.29) is 12.5 Å². The molecule has 0 aromatic heterocycles. The van der Waals surface area contributed by atoms with Gasteiger partial charge in [0, 0.05) is 6.61 Å². The van der Waals surface area contributed by atoms with Gasteiger partial charge in [-0.25, -0.2) is 0 Å². The molecule has 2 rings (SSSR count). The van der Waals surface area contributed by atoms with Crippen LogP contribution in [0.15, 0.2) is 24.3 Å². The summed E-state index contributed by atoms with van der Waals surface area (Å²) < 4.78 is 15.5. The minimum absolute atomic E-state index is 0.196. The Morgan fingerprint density at radius 3 is 2.57 bits per heavy atom. The number of ether oxygens (including phenoxy) is 3. The summed E-state index contributed by atoms with van der Waals surface area (Å²) in [6.45, 7) is 0.380. The Kier molecular flexibility index (Phi) is 5.39. The molecule has 114 valence electrons. The average molecular weight is 294 g/mol. The van der Waals surface area contributed by atoms with Crippen LogP contribution in [0.1, 0.15) is 12.8 Å². The molecule has 1 heterocycles. The highest BCUT2D eigenvalue weighted by molar-refractivity contribution is 5.85. The molecule has 0 unspecified atom stereocenters. The number of benzene rings is 1. The van der Waals surface area contributed by atoms with Gasteiger partial charge in [0.25, 0.3) is 11.8 Å². The zero-order chi connectivity index (χ0) is 15.1. The van der Waals surface area contributed by atoms with Crippen molar-refractivity contribution in [2.24, 2.45) is 0 Å². The molecule has 1 atom stereocenters. The van der Waals surface area contributed by atoms with Gasteiger partial charge < -0.3 is 14.2 Å². The molecule has 0 bridgehead atoms. The van der Waals surface area contributed by atoms with E-state index in [4.69, 9.17) is 14.2 Å². The van der Waals surface area contributed by atoms with Crippen LogP contribution in [0.25, 0.3) is 0 Å². The maximum Gasteiger partial charge on any atom is 0.276 e. The first kappa shape index (κ1) is 15.1. The SMILES string of the molecule is COc1ccc(OCC(=O)NNC(=O)[C@H]2CCCO2)cc1. The van der Waals surface area contributed by atoms with Crippen molar-refractivity contribution in [3.63, 3.8) is 0 Å². The number of hydrogen-bond donors (Lipinski definition) is 2. The predicted molar refractivity (Wildman–Crippen MR) is 73.7 cm³/mol. The number of carbonyl (C=O) groups excluding carboxylic acids is 2. The third kappa shape index (κ3) is 4.64. The fraction of sp³-hybridized carbons (Fsp3) is 0.429. The minimum atomic E-state index is -0.479. The molecule has 0 spiro atoms. The topological polar surface area (TPSA) is 85.9 Å². The van der Waals surface area contributed by atoms with E-state index in [1.54, 1.807) is 31.4 Å². The Balaban J connectivity index is 1.67. The zero-order valence-corrected chi connectivity index (χ0v) is 11.8. The molecule has 21 heavy (non-hydrogen) atoms. The van der Waals surface area contributed by atoms with Gasteiger partial charge in [-0.05, 0) is 37.1 Å². The number of carbonyl (C=O) groups is 2. The summed E-state index contributed by atoms with van der Waals surface area (Å²) in [5, 5.41) is 0. The van der Waals surface area contributed by atoms with Crippen LogP contribution in [0.3, 0.4) is 0 Å². The monoisotopic (exact) mass is 294 g/mol. The van der Waals surface area contributed by atoms with E-state index in [1.807, 2.05) is 0 Å². The molecule has 7 nitrogen and oxygen atoms in total. The van der Waals surface area contributed by atoms with Crippen LogP contribution in [0, 0.1) is 0 Å². The summed E-state index contributed by atoms with van der Waals surface area (Å²) in [5.41, 5.74) is 4.60. The molecule has 0 radical (unpaired) electrons. The third-order valence-corrected chi connectivity index (χ3v) is 2.98. The quantitative estimate of drug-likeness (QED) is 0.768. The molecule has 0 saturated carbocycles. The predicted octanol–water partition coefficient (Wildman–Crippen LogP) is 0.400. The Morgan fingerprint density at radius 2 is 1.95 bits per heavy atom. The Bertz CT molecular complexity index is 483. The van der Waals surface area contributed by atoms with Crippen LogP contribution in [0.5, 0.6) is 11.5 Å². The summed E-state index contributed by atoms with van der Waals surface area (Å²) in [6, 6.07) is 6.84. The van der Waals surface area contributed by atoms with Crippen molar-refractivity contribution in [1.29, 1.82) is 0 Å². The number of methoxy groups -OCH3 is 1. The van der Waals surface area contributed by atoms with Crippen molar-refractivity contribution in [1.82, 2.24) is 10.9 Å². The van der Waals surface area contributed by atoms with Gasteiger partial charge >= 0.3 is 0 Å². The summed E-state index contributed by atoms with van der Waals surface area (Å²) in [7, 11) is 1.57. The lowest BCUT2D eigenvalue weighted by atomic mass is 10.2. The molecule has 2 amide bonds. The molecule has 1 fully saturated rings. The second kappa shape index (κ2) is 7.49. The van der Waals surface area contributed by atoms with E-state index in [9.17, 15) is 9.59 Å². The minimum Gasteiger partial charge on any atom is -0.497 e. The molecule has 7 heteroatoms. The first-order chi connectivity index (χ1) is 10.2. The van der Waals surface area contributed by atoms with Crippen molar-refractivity contribution in [2.75, 3.05) is 20.3 Å². The van der Waals surface area contributed by atoms with Crippen LogP contribution in [0.4, 0.5) is 0 Å². The molecular formula is C14H18N2O5. The van der Waals surface area contributed by atoms with E-state index in [2.05, 4.69) is 10.9 Å². The Hall–Kier alpha value is -2.28. The van der Waals surface area contributed by atoms with Gasteiger partial charge in [0.2, 0.25) is 0 Å². The van der Waals surface area contributed by atoms with Crippen molar-refractivity contribution >= 4 is 11.8 Å². The third-order valence-electron chi connectivity index (χ3n) is 2.98. The fourth-order valence-corrected chi connectivity index (χ4v) is 1.85. The zero-order valence-electron chi connectivity index (χ0n) is 11.8. The van der Waals surface area contributed by atoms with Crippen molar-refractivity contribution < 1.29 is 23.8 Å². The standard InChI is InChI=1S/C14H18N2O5/c1-19-10-4-6-11(7-5-10)21-9-13(17)15-16-14(18)12-3-2-8-20-12/h4-7,12H,2-3,8-9H2,1H3,(H,15,17)(H,16,18)/t12-/m1/s1. The Morgan fingerprint density at radius 1 is 1.24 bits per heavy atom. The van der Waals surface area contributed by atoms with Gasteiger partial charge in [-0.1, -0.05) is 0 Å². The van der Waals surface area contributed by atoms with Gasteiger partial charge in [0.05, 0.1) is 7.11 Å². The second-order valence-corrected chi connectivity index (χ2v) is 4.50. The maximum absolute atomic E-state index is 11.6. The van der Waals surface area contributed by atoms with Crippen LogP contribution >= 0.6 is 0 Å². The molecule has 1 aliphatic rings. The normalized spacial score (nSPS) is 17.1. The van der Waals surface area contributed by atoms with Crippen molar-refractivity contribution in [3.8, 4) is 11.5 Å². The van der Waals surface area contributed by atoms with Crippen LogP contribution in [-0.4, -0.2) is 38.2 Å². The van der Waals surface area contributed by atoms with Gasteiger partial charge in [0.15, 0.2) is 6.61 Å². The van der Waals surface area contributed by atoms with Crippen molar-refractivity contribution in [3.05, 3.63) is 24.3 Å². The first-order valence-corrected chi connectivity index (χ1v) is 6.66. The van der Waals surface area contributed by atoms with Crippen LogP contribution in [-0.2, 0) is 14.3 Å². The highest BCUT2D eigenvalue weighted by Gasteiger charge is 2.23. The van der Waals surface area contributed by atoms with Gasteiger partial charge in [-0.2, -0.15) is 0 Å². The van der Waals surface area contributed by atoms with E-state index < -0.39 is 12.0 Å². The highest BCUT2D eigenvalue weighted by Crippen LogP contribution is 2.16. The summed E-state index contributed by atoms with van der Waals surface area (Å²) in [4.78, 5) is 23.1. The van der Waals surface area contributed by atoms with E-state index in [1.165, 1.54) is 0 Å². The summed E-state index contributed by atoms with van der Waals surface area (Å²) in [6.07, 6.45) is 1.05. The maximum atomic E-state index is 11.6. The van der Waals surface area contributed by atoms with E-state index >= 15 is 0 Å². The lowest BCUT2D eigenvalue weighted by Gasteiger charge is -2.12. The molecule has 0 aliphatic carbocycles. The van der Waals surface area contributed by atoms with Crippen LogP contribution in [0.2, 0.25) is 0 Å². The molecular weight excluding hydrogens is 276 g/mol. The number of hydrazine groups is 1. The number of hydrogen-bond acceptors (Lipinski definition) is 5. The summed E-state index contributed by atoms with van der Waals surface area (Å²) in [5.74, 6) is 0.453. The van der Waals surface area contributed by atoms with Gasteiger partial charge in [0.1, 0.15) is 17.6 Å².